The highest BCUT2D eigenvalue weighted by Gasteiger charge is 2.01. The first-order valence-corrected chi connectivity index (χ1v) is 6.61. The van der Waals surface area contributed by atoms with Crippen molar-refractivity contribution in [1.82, 2.24) is 5.32 Å². The Morgan fingerprint density at radius 1 is 1.24 bits per heavy atom. The molecule has 0 spiro atoms. The van der Waals surface area contributed by atoms with Gasteiger partial charge in [-0.2, -0.15) is 0 Å². The first kappa shape index (κ1) is 12.1. The quantitative estimate of drug-likeness (QED) is 0.780. The minimum Gasteiger partial charge on any atom is -0.308 e. The highest BCUT2D eigenvalue weighted by molar-refractivity contribution is 7.10. The molecule has 88 valence electrons. The highest BCUT2D eigenvalue weighted by Crippen LogP contribution is 2.25. The van der Waals surface area contributed by atoms with Crippen LogP contribution in [0.5, 0.6) is 0 Å². The smallest absolute Gasteiger partial charge is 0.0302 e. The molecule has 17 heavy (non-hydrogen) atoms. The summed E-state index contributed by atoms with van der Waals surface area (Å²) in [6.45, 7) is 7.73. The van der Waals surface area contributed by atoms with E-state index in [4.69, 9.17) is 0 Å². The Balaban J connectivity index is 1.99. The van der Waals surface area contributed by atoms with Crippen molar-refractivity contribution in [2.75, 3.05) is 6.54 Å². The normalized spacial score (nSPS) is 10.4. The van der Waals surface area contributed by atoms with Crippen molar-refractivity contribution in [2.45, 2.75) is 13.5 Å². The SMILES string of the molecule is C=C(C)CNCc1cc(-c2ccccc2)cs1. The molecule has 1 N–H and O–H groups in total. The summed E-state index contributed by atoms with van der Waals surface area (Å²) in [7, 11) is 0. The molecule has 0 aliphatic rings. The molecule has 1 aromatic carbocycles. The highest BCUT2D eigenvalue weighted by atomic mass is 32.1. The molecule has 1 heterocycles. The molecular weight excluding hydrogens is 226 g/mol. The number of nitrogens with one attached hydrogen (secondary N) is 1. The third kappa shape index (κ3) is 3.55. The zero-order valence-corrected chi connectivity index (χ0v) is 10.9. The van der Waals surface area contributed by atoms with Gasteiger partial charge in [0.2, 0.25) is 0 Å². The zero-order chi connectivity index (χ0) is 12.1. The van der Waals surface area contributed by atoms with Crippen LogP contribution in [-0.4, -0.2) is 6.54 Å². The molecule has 2 rings (SSSR count). The zero-order valence-electron chi connectivity index (χ0n) is 10.1. The minimum atomic E-state index is 0.887. The van der Waals surface area contributed by atoms with E-state index in [2.05, 4.69) is 47.6 Å². The van der Waals surface area contributed by atoms with E-state index in [1.165, 1.54) is 21.6 Å². The van der Waals surface area contributed by atoms with E-state index in [9.17, 15) is 0 Å². The fraction of sp³-hybridized carbons (Fsp3) is 0.200. The number of hydrogen-bond donors (Lipinski definition) is 1. The van der Waals surface area contributed by atoms with Gasteiger partial charge in [0, 0.05) is 18.0 Å². The Morgan fingerprint density at radius 3 is 2.71 bits per heavy atom. The molecular formula is C15H17NS. The van der Waals surface area contributed by atoms with E-state index < -0.39 is 0 Å². The summed E-state index contributed by atoms with van der Waals surface area (Å²) in [4.78, 5) is 1.37. The Morgan fingerprint density at radius 2 is 2.00 bits per heavy atom. The maximum atomic E-state index is 3.88. The third-order valence-electron chi connectivity index (χ3n) is 2.49. The van der Waals surface area contributed by atoms with E-state index in [1.54, 1.807) is 11.3 Å². The first-order valence-electron chi connectivity index (χ1n) is 5.73. The predicted octanol–water partition coefficient (Wildman–Crippen LogP) is 4.08. The van der Waals surface area contributed by atoms with Gasteiger partial charge in [0.25, 0.3) is 0 Å². The second kappa shape index (κ2) is 5.80. The lowest BCUT2D eigenvalue weighted by Gasteiger charge is -2.01. The first-order chi connectivity index (χ1) is 8.25. The van der Waals surface area contributed by atoms with Crippen LogP contribution in [0.2, 0.25) is 0 Å². The Labute approximate surface area is 107 Å². The number of benzene rings is 1. The number of rotatable bonds is 5. The van der Waals surface area contributed by atoms with E-state index in [1.807, 2.05) is 13.0 Å². The summed E-state index contributed by atoms with van der Waals surface area (Å²) in [5.74, 6) is 0. The summed E-state index contributed by atoms with van der Waals surface area (Å²) in [6.07, 6.45) is 0. The van der Waals surface area contributed by atoms with Crippen molar-refractivity contribution >= 4 is 11.3 Å². The van der Waals surface area contributed by atoms with Crippen molar-refractivity contribution in [3.05, 3.63) is 58.8 Å². The molecule has 0 radical (unpaired) electrons. The van der Waals surface area contributed by atoms with Gasteiger partial charge >= 0.3 is 0 Å². The predicted molar refractivity (Wildman–Crippen MR) is 76.3 cm³/mol. The lowest BCUT2D eigenvalue weighted by molar-refractivity contribution is 0.750. The van der Waals surface area contributed by atoms with Gasteiger partial charge in [0.1, 0.15) is 0 Å². The summed E-state index contributed by atoms with van der Waals surface area (Å²) in [5, 5.41) is 5.59. The van der Waals surface area contributed by atoms with Crippen molar-refractivity contribution in [1.29, 1.82) is 0 Å². The molecule has 0 saturated heterocycles. The third-order valence-corrected chi connectivity index (χ3v) is 3.42. The van der Waals surface area contributed by atoms with Gasteiger partial charge in [-0.3, -0.25) is 0 Å². The van der Waals surface area contributed by atoms with E-state index in [-0.39, 0.29) is 0 Å². The summed E-state index contributed by atoms with van der Waals surface area (Å²) >= 11 is 1.80. The van der Waals surface area contributed by atoms with Gasteiger partial charge in [-0.1, -0.05) is 42.5 Å². The standard InChI is InChI=1S/C15H17NS/c1-12(2)9-16-10-15-8-14(11-17-15)13-6-4-3-5-7-13/h3-8,11,16H,1,9-10H2,2H3. The van der Waals surface area contributed by atoms with Crippen LogP contribution >= 0.6 is 11.3 Å². The van der Waals surface area contributed by atoms with E-state index in [0.717, 1.165) is 13.1 Å². The van der Waals surface area contributed by atoms with Crippen LogP contribution in [0.4, 0.5) is 0 Å². The average molecular weight is 243 g/mol. The molecule has 0 unspecified atom stereocenters. The topological polar surface area (TPSA) is 12.0 Å². The van der Waals surface area contributed by atoms with Gasteiger partial charge < -0.3 is 5.32 Å². The summed E-state index contributed by atoms with van der Waals surface area (Å²) in [5.41, 5.74) is 3.77. The average Bonchev–Trinajstić information content (AvgIpc) is 2.78. The molecule has 1 nitrogen and oxygen atoms in total. The number of thiophene rings is 1. The minimum absolute atomic E-state index is 0.887. The lowest BCUT2D eigenvalue weighted by Crippen LogP contribution is -2.14. The van der Waals surface area contributed by atoms with E-state index in [0.29, 0.717) is 0 Å². The molecule has 0 amide bonds. The van der Waals surface area contributed by atoms with Gasteiger partial charge in [-0.25, -0.2) is 0 Å². The van der Waals surface area contributed by atoms with E-state index >= 15 is 0 Å². The van der Waals surface area contributed by atoms with Crippen LogP contribution in [0.15, 0.2) is 53.9 Å². The molecule has 0 aliphatic heterocycles. The largest absolute Gasteiger partial charge is 0.308 e. The summed E-state index contributed by atoms with van der Waals surface area (Å²) in [6, 6.07) is 12.7. The molecule has 0 atom stereocenters. The molecule has 2 aromatic rings. The van der Waals surface area contributed by atoms with Crippen molar-refractivity contribution in [3.8, 4) is 11.1 Å². The fourth-order valence-electron chi connectivity index (χ4n) is 1.65. The maximum Gasteiger partial charge on any atom is 0.0302 e. The van der Waals surface area contributed by atoms with Crippen molar-refractivity contribution < 1.29 is 0 Å². The molecule has 1 aromatic heterocycles. The molecule has 0 aliphatic carbocycles. The van der Waals surface area contributed by atoms with Crippen LogP contribution < -0.4 is 5.32 Å². The van der Waals surface area contributed by atoms with Crippen molar-refractivity contribution in [2.24, 2.45) is 0 Å². The van der Waals surface area contributed by atoms with Gasteiger partial charge in [-0.05, 0) is 29.5 Å². The fourth-order valence-corrected chi connectivity index (χ4v) is 2.52. The Kier molecular flexibility index (Phi) is 4.13. The second-order valence-electron chi connectivity index (χ2n) is 4.23. The second-order valence-corrected chi connectivity index (χ2v) is 5.22. The van der Waals surface area contributed by atoms with Gasteiger partial charge in [0.05, 0.1) is 0 Å². The van der Waals surface area contributed by atoms with Crippen LogP contribution in [0.25, 0.3) is 11.1 Å². The molecule has 0 saturated carbocycles. The Hall–Kier alpha value is -1.38. The molecule has 0 fully saturated rings. The molecule has 2 heteroatoms. The van der Waals surface area contributed by atoms with Gasteiger partial charge in [0.15, 0.2) is 0 Å². The van der Waals surface area contributed by atoms with Gasteiger partial charge in [-0.15, -0.1) is 11.3 Å². The van der Waals surface area contributed by atoms with Crippen molar-refractivity contribution in [3.63, 3.8) is 0 Å². The van der Waals surface area contributed by atoms with Crippen LogP contribution in [0.1, 0.15) is 11.8 Å². The van der Waals surface area contributed by atoms with Crippen LogP contribution in [-0.2, 0) is 6.54 Å². The lowest BCUT2D eigenvalue weighted by atomic mass is 10.1. The van der Waals surface area contributed by atoms with Crippen LogP contribution in [0, 0.1) is 0 Å². The van der Waals surface area contributed by atoms with Crippen LogP contribution in [0.3, 0.4) is 0 Å². The monoisotopic (exact) mass is 243 g/mol. The molecule has 0 bridgehead atoms. The summed E-state index contributed by atoms with van der Waals surface area (Å²) < 4.78 is 0. The Bertz CT molecular complexity index is 485. The number of hydrogen-bond acceptors (Lipinski definition) is 2. The maximum absolute atomic E-state index is 3.88.